The van der Waals surface area contributed by atoms with Gasteiger partial charge in [-0.1, -0.05) is 66.2 Å². The molecule has 4 rings (SSSR count). The molecule has 0 bridgehead atoms. The van der Waals surface area contributed by atoms with Gasteiger partial charge in [-0.2, -0.15) is 0 Å². The zero-order chi connectivity index (χ0) is 23.0. The molecule has 2 aliphatic rings. The zero-order valence-electron chi connectivity index (χ0n) is 19.5. The number of amides is 1. The molecule has 2 aliphatic heterocycles. The quantitative estimate of drug-likeness (QED) is 0.670. The Bertz CT molecular complexity index is 1010. The fourth-order valence-electron chi connectivity index (χ4n) is 4.72. The minimum absolute atomic E-state index is 0.121. The molecule has 0 radical (unpaired) electrons. The monoisotopic (exact) mass is 445 g/mol. The van der Waals surface area contributed by atoms with Gasteiger partial charge in [0.15, 0.2) is 0 Å². The van der Waals surface area contributed by atoms with Crippen LogP contribution in [-0.2, 0) is 11.3 Å². The molecule has 1 fully saturated rings. The summed E-state index contributed by atoms with van der Waals surface area (Å²) < 4.78 is 0. The number of aliphatic hydroxyl groups excluding tert-OH is 1. The number of hydrogen-bond acceptors (Lipinski definition) is 4. The maximum Gasteiger partial charge on any atom is 0.270 e. The van der Waals surface area contributed by atoms with Crippen molar-refractivity contribution in [1.82, 2.24) is 15.1 Å². The van der Waals surface area contributed by atoms with E-state index in [0.717, 1.165) is 44.5 Å². The summed E-state index contributed by atoms with van der Waals surface area (Å²) in [6.45, 7) is 5.03. The molecule has 0 atom stereocenters. The van der Waals surface area contributed by atoms with E-state index in [9.17, 15) is 4.79 Å². The molecule has 0 unspecified atom stereocenters. The predicted octanol–water partition coefficient (Wildman–Crippen LogP) is 4.23. The lowest BCUT2D eigenvalue weighted by atomic mass is 9.98. The van der Waals surface area contributed by atoms with Crippen molar-refractivity contribution in [2.75, 3.05) is 26.2 Å². The number of nitrogens with zero attached hydrogens (tertiary/aromatic N) is 2. The standard InChI is InChI=1S/C28H35N3O2/c1-22-8-7-10-23(20-22)26-11-5-4-9-24(26)21-31-16-6-2-3-12-27(31)28(33)30-17-13-25(14-18-30)29-15-19-32/h4-12,16,20,25,29,32H,2-3,13-15,17-19,21H2,1H3. The normalized spacial score (nSPS) is 17.1. The Morgan fingerprint density at radius 2 is 1.91 bits per heavy atom. The number of nitrogens with one attached hydrogen (secondary N) is 1. The van der Waals surface area contributed by atoms with E-state index >= 15 is 0 Å². The Balaban J connectivity index is 1.51. The Morgan fingerprint density at radius 1 is 1.09 bits per heavy atom. The van der Waals surface area contributed by atoms with Gasteiger partial charge in [0.2, 0.25) is 0 Å². The summed E-state index contributed by atoms with van der Waals surface area (Å²) in [5, 5.41) is 12.4. The second kappa shape index (κ2) is 11.3. The smallest absolute Gasteiger partial charge is 0.270 e. The maximum absolute atomic E-state index is 13.5. The lowest BCUT2D eigenvalue weighted by Gasteiger charge is -2.35. The first kappa shape index (κ1) is 23.3. The highest BCUT2D eigenvalue weighted by molar-refractivity contribution is 5.93. The molecule has 1 amide bonds. The van der Waals surface area contributed by atoms with Crippen LogP contribution < -0.4 is 5.32 Å². The number of allylic oxidation sites excluding steroid dienone is 2. The van der Waals surface area contributed by atoms with E-state index in [-0.39, 0.29) is 12.5 Å². The van der Waals surface area contributed by atoms with Gasteiger partial charge in [-0.25, -0.2) is 0 Å². The molecule has 5 nitrogen and oxygen atoms in total. The highest BCUT2D eigenvalue weighted by Crippen LogP contribution is 2.28. The van der Waals surface area contributed by atoms with Crippen molar-refractivity contribution >= 4 is 5.91 Å². The number of carbonyl (C=O) groups excluding carboxylic acids is 1. The number of piperidine rings is 1. The van der Waals surface area contributed by atoms with Gasteiger partial charge in [-0.05, 0) is 49.3 Å². The Labute approximate surface area is 197 Å². The van der Waals surface area contributed by atoms with Gasteiger partial charge in [0.1, 0.15) is 5.70 Å². The second-order valence-electron chi connectivity index (χ2n) is 8.95. The number of rotatable bonds is 7. The summed E-state index contributed by atoms with van der Waals surface area (Å²) in [6, 6.07) is 17.4. The van der Waals surface area contributed by atoms with Gasteiger partial charge in [0.05, 0.1) is 6.61 Å². The third kappa shape index (κ3) is 5.92. The first-order chi connectivity index (χ1) is 16.2. The van der Waals surface area contributed by atoms with Crippen LogP contribution in [0.3, 0.4) is 0 Å². The molecule has 0 aliphatic carbocycles. The van der Waals surface area contributed by atoms with Gasteiger partial charge in [0, 0.05) is 38.4 Å². The summed E-state index contributed by atoms with van der Waals surface area (Å²) in [6.07, 6.45) is 10.0. The van der Waals surface area contributed by atoms with Crippen molar-refractivity contribution in [1.29, 1.82) is 0 Å². The summed E-state index contributed by atoms with van der Waals surface area (Å²) in [5.41, 5.74) is 5.65. The third-order valence-corrected chi connectivity index (χ3v) is 6.50. The minimum atomic E-state index is 0.121. The van der Waals surface area contributed by atoms with Crippen LogP contribution in [0.15, 0.2) is 72.6 Å². The number of aryl methyl sites for hydroxylation is 1. The molecular weight excluding hydrogens is 410 g/mol. The van der Waals surface area contributed by atoms with Crippen LogP contribution in [-0.4, -0.2) is 53.1 Å². The summed E-state index contributed by atoms with van der Waals surface area (Å²) in [7, 11) is 0. The van der Waals surface area contributed by atoms with Crippen LogP contribution in [0, 0.1) is 6.92 Å². The van der Waals surface area contributed by atoms with Crippen molar-refractivity contribution in [3.05, 3.63) is 83.7 Å². The van der Waals surface area contributed by atoms with Crippen LogP contribution in [0.4, 0.5) is 0 Å². The molecule has 1 saturated heterocycles. The van der Waals surface area contributed by atoms with Crippen molar-refractivity contribution in [2.24, 2.45) is 0 Å². The largest absolute Gasteiger partial charge is 0.395 e. The first-order valence-electron chi connectivity index (χ1n) is 12.1. The summed E-state index contributed by atoms with van der Waals surface area (Å²) in [5.74, 6) is 0.121. The van der Waals surface area contributed by atoms with E-state index in [0.29, 0.717) is 19.1 Å². The van der Waals surface area contributed by atoms with Crippen LogP contribution in [0.2, 0.25) is 0 Å². The van der Waals surface area contributed by atoms with Gasteiger partial charge >= 0.3 is 0 Å². The number of benzene rings is 2. The van der Waals surface area contributed by atoms with E-state index in [1.165, 1.54) is 22.3 Å². The zero-order valence-corrected chi connectivity index (χ0v) is 19.5. The summed E-state index contributed by atoms with van der Waals surface area (Å²) >= 11 is 0. The minimum Gasteiger partial charge on any atom is -0.395 e. The van der Waals surface area contributed by atoms with Crippen LogP contribution in [0.5, 0.6) is 0 Å². The first-order valence-corrected chi connectivity index (χ1v) is 12.1. The molecule has 33 heavy (non-hydrogen) atoms. The fourth-order valence-corrected chi connectivity index (χ4v) is 4.72. The maximum atomic E-state index is 13.5. The Hall–Kier alpha value is -2.89. The predicted molar refractivity (Wildman–Crippen MR) is 133 cm³/mol. The Kier molecular flexibility index (Phi) is 7.97. The topological polar surface area (TPSA) is 55.8 Å². The molecular formula is C28H35N3O2. The lowest BCUT2D eigenvalue weighted by molar-refractivity contribution is -0.129. The molecule has 174 valence electrons. The lowest BCUT2D eigenvalue weighted by Crippen LogP contribution is -2.47. The molecule has 2 heterocycles. The average Bonchev–Trinajstić information content (AvgIpc) is 3.08. The number of carbonyl (C=O) groups is 1. The van der Waals surface area contributed by atoms with Gasteiger partial charge < -0.3 is 20.2 Å². The van der Waals surface area contributed by atoms with Crippen LogP contribution >= 0.6 is 0 Å². The summed E-state index contributed by atoms with van der Waals surface area (Å²) in [4.78, 5) is 17.7. The number of likely N-dealkylation sites (tertiary alicyclic amines) is 1. The van der Waals surface area contributed by atoms with Gasteiger partial charge in [0.25, 0.3) is 5.91 Å². The van der Waals surface area contributed by atoms with Crippen LogP contribution in [0.1, 0.15) is 36.8 Å². The molecule has 5 heteroatoms. The fraction of sp³-hybridized carbons (Fsp3) is 0.393. The SMILES string of the molecule is Cc1cccc(-c2ccccc2CN2C=CCCC=C2C(=O)N2CCC(NCCO)CC2)c1. The van der Waals surface area contributed by atoms with Crippen molar-refractivity contribution in [3.8, 4) is 11.1 Å². The van der Waals surface area contributed by atoms with E-state index in [2.05, 4.69) is 84.0 Å². The van der Waals surface area contributed by atoms with Gasteiger partial charge in [-0.3, -0.25) is 4.79 Å². The van der Waals surface area contributed by atoms with E-state index in [1.807, 2.05) is 4.90 Å². The number of aliphatic hydroxyl groups is 1. The molecule has 2 aromatic rings. The highest BCUT2D eigenvalue weighted by Gasteiger charge is 2.27. The molecule has 2 aromatic carbocycles. The Morgan fingerprint density at radius 3 is 2.70 bits per heavy atom. The molecule has 2 N–H and O–H groups in total. The van der Waals surface area contributed by atoms with E-state index in [4.69, 9.17) is 5.11 Å². The molecule has 0 saturated carbocycles. The molecule has 0 aromatic heterocycles. The van der Waals surface area contributed by atoms with E-state index < -0.39 is 0 Å². The van der Waals surface area contributed by atoms with Crippen LogP contribution in [0.25, 0.3) is 11.1 Å². The third-order valence-electron chi connectivity index (χ3n) is 6.50. The van der Waals surface area contributed by atoms with E-state index in [1.54, 1.807) is 0 Å². The van der Waals surface area contributed by atoms with Crippen molar-refractivity contribution in [2.45, 2.75) is 45.2 Å². The second-order valence-corrected chi connectivity index (χ2v) is 8.95. The highest BCUT2D eigenvalue weighted by atomic mass is 16.3. The van der Waals surface area contributed by atoms with Gasteiger partial charge in [-0.15, -0.1) is 0 Å². The number of hydrogen-bond donors (Lipinski definition) is 2. The van der Waals surface area contributed by atoms with Crippen molar-refractivity contribution < 1.29 is 9.90 Å². The van der Waals surface area contributed by atoms with Crippen molar-refractivity contribution in [3.63, 3.8) is 0 Å². The average molecular weight is 446 g/mol. The molecule has 0 spiro atoms.